The van der Waals surface area contributed by atoms with E-state index in [9.17, 15) is 13.2 Å². The van der Waals surface area contributed by atoms with Crippen molar-refractivity contribution in [3.8, 4) is 0 Å². The van der Waals surface area contributed by atoms with Crippen LogP contribution in [0.15, 0.2) is 4.21 Å². The van der Waals surface area contributed by atoms with Crippen molar-refractivity contribution >= 4 is 27.3 Å². The SMILES string of the molecule is COC(=O)c1c(S(=O)(=O)N2CCCCC2)sc2c1CCN(CC(C)C)C2. The van der Waals surface area contributed by atoms with E-state index in [-0.39, 0.29) is 9.77 Å². The van der Waals surface area contributed by atoms with Gasteiger partial charge in [0, 0.05) is 37.6 Å². The Bertz CT molecular complexity index is 764. The van der Waals surface area contributed by atoms with Crippen LogP contribution in [0.1, 0.15) is 53.9 Å². The zero-order chi connectivity index (χ0) is 18.9. The summed E-state index contributed by atoms with van der Waals surface area (Å²) in [5.41, 5.74) is 1.15. The number of piperidine rings is 1. The van der Waals surface area contributed by atoms with Crippen LogP contribution in [-0.2, 0) is 27.7 Å². The minimum absolute atomic E-state index is 0.183. The van der Waals surface area contributed by atoms with E-state index >= 15 is 0 Å². The molecule has 2 aliphatic rings. The number of esters is 1. The van der Waals surface area contributed by atoms with Gasteiger partial charge < -0.3 is 4.74 Å². The van der Waals surface area contributed by atoms with Gasteiger partial charge in [0.25, 0.3) is 10.0 Å². The van der Waals surface area contributed by atoms with Gasteiger partial charge in [0.1, 0.15) is 4.21 Å². The average Bonchev–Trinajstić information content (AvgIpc) is 3.00. The van der Waals surface area contributed by atoms with Crippen molar-refractivity contribution in [1.29, 1.82) is 0 Å². The van der Waals surface area contributed by atoms with Gasteiger partial charge >= 0.3 is 5.97 Å². The monoisotopic (exact) mass is 400 g/mol. The first-order chi connectivity index (χ1) is 12.3. The zero-order valence-electron chi connectivity index (χ0n) is 15.8. The van der Waals surface area contributed by atoms with E-state index < -0.39 is 16.0 Å². The van der Waals surface area contributed by atoms with Crippen LogP contribution in [-0.4, -0.2) is 56.9 Å². The van der Waals surface area contributed by atoms with Gasteiger partial charge in [0.15, 0.2) is 0 Å². The molecule has 146 valence electrons. The number of ether oxygens (including phenoxy) is 1. The van der Waals surface area contributed by atoms with Crippen LogP contribution in [0.3, 0.4) is 0 Å². The van der Waals surface area contributed by atoms with E-state index in [1.54, 1.807) is 0 Å². The summed E-state index contributed by atoms with van der Waals surface area (Å²) in [6.45, 7) is 7.94. The number of thiophene rings is 1. The Morgan fingerprint density at radius 1 is 1.19 bits per heavy atom. The first-order valence-corrected chi connectivity index (χ1v) is 11.6. The summed E-state index contributed by atoms with van der Waals surface area (Å²) < 4.78 is 33.1. The number of sulfonamides is 1. The normalized spacial score (nSPS) is 19.5. The molecule has 1 aromatic heterocycles. The summed E-state index contributed by atoms with van der Waals surface area (Å²) >= 11 is 1.26. The molecule has 0 aromatic carbocycles. The fourth-order valence-corrected chi connectivity index (χ4v) is 7.40. The van der Waals surface area contributed by atoms with Crippen LogP contribution in [0.4, 0.5) is 0 Å². The molecule has 0 spiro atoms. The highest BCUT2D eigenvalue weighted by Gasteiger charge is 2.37. The number of carbonyl (C=O) groups is 1. The highest BCUT2D eigenvalue weighted by atomic mass is 32.2. The van der Waals surface area contributed by atoms with E-state index in [2.05, 4.69) is 18.7 Å². The smallest absolute Gasteiger partial charge is 0.340 e. The van der Waals surface area contributed by atoms with Gasteiger partial charge in [-0.1, -0.05) is 20.3 Å². The molecule has 1 saturated heterocycles. The maximum absolute atomic E-state index is 13.2. The molecule has 0 aliphatic carbocycles. The average molecular weight is 401 g/mol. The van der Waals surface area contributed by atoms with Gasteiger partial charge in [-0.15, -0.1) is 11.3 Å². The van der Waals surface area contributed by atoms with Gasteiger partial charge in [-0.3, -0.25) is 4.90 Å². The maximum atomic E-state index is 13.2. The third-order valence-corrected chi connectivity index (χ3v) is 8.62. The minimum atomic E-state index is -3.65. The van der Waals surface area contributed by atoms with Gasteiger partial charge in [-0.2, -0.15) is 4.31 Å². The summed E-state index contributed by atoms with van der Waals surface area (Å²) in [6.07, 6.45) is 3.50. The van der Waals surface area contributed by atoms with Gasteiger partial charge in [-0.25, -0.2) is 13.2 Å². The Kier molecular flexibility index (Phi) is 6.06. The van der Waals surface area contributed by atoms with E-state index in [1.165, 1.54) is 22.8 Å². The van der Waals surface area contributed by atoms with Gasteiger partial charge in [0.05, 0.1) is 12.7 Å². The van der Waals surface area contributed by atoms with Crippen molar-refractivity contribution < 1.29 is 17.9 Å². The summed E-state index contributed by atoms with van der Waals surface area (Å²) in [5.74, 6) is 0.0172. The Balaban J connectivity index is 2.00. The maximum Gasteiger partial charge on any atom is 0.340 e. The molecule has 0 N–H and O–H groups in total. The second-order valence-electron chi connectivity index (χ2n) is 7.50. The van der Waals surface area contributed by atoms with E-state index in [0.717, 1.165) is 42.8 Å². The Morgan fingerprint density at radius 2 is 1.88 bits per heavy atom. The first kappa shape index (κ1) is 19.8. The molecular formula is C18H28N2O4S2. The molecule has 6 nitrogen and oxygen atoms in total. The van der Waals surface area contributed by atoms with Crippen LogP contribution >= 0.6 is 11.3 Å². The van der Waals surface area contributed by atoms with E-state index in [4.69, 9.17) is 4.74 Å². The number of hydrogen-bond acceptors (Lipinski definition) is 6. The number of carbonyl (C=O) groups excluding carboxylic acids is 1. The predicted molar refractivity (Wildman–Crippen MR) is 102 cm³/mol. The van der Waals surface area contributed by atoms with Crippen LogP contribution in [0, 0.1) is 5.92 Å². The van der Waals surface area contributed by atoms with E-state index in [0.29, 0.717) is 32.0 Å². The minimum Gasteiger partial charge on any atom is -0.465 e. The lowest BCUT2D eigenvalue weighted by Gasteiger charge is -2.28. The van der Waals surface area contributed by atoms with Crippen molar-refractivity contribution in [3.63, 3.8) is 0 Å². The van der Waals surface area contributed by atoms with Crippen molar-refractivity contribution in [1.82, 2.24) is 9.21 Å². The zero-order valence-corrected chi connectivity index (χ0v) is 17.4. The van der Waals surface area contributed by atoms with Crippen molar-refractivity contribution in [3.05, 3.63) is 16.0 Å². The van der Waals surface area contributed by atoms with Crippen LogP contribution in [0.25, 0.3) is 0 Å². The number of rotatable bonds is 5. The lowest BCUT2D eigenvalue weighted by molar-refractivity contribution is 0.0595. The number of methoxy groups -OCH3 is 1. The summed E-state index contributed by atoms with van der Waals surface area (Å²) in [5, 5.41) is 0. The molecule has 0 amide bonds. The highest BCUT2D eigenvalue weighted by molar-refractivity contribution is 7.91. The Labute approximate surface area is 160 Å². The van der Waals surface area contributed by atoms with Crippen molar-refractivity contribution in [2.75, 3.05) is 33.3 Å². The highest BCUT2D eigenvalue weighted by Crippen LogP contribution is 2.38. The fourth-order valence-electron chi connectivity index (χ4n) is 3.82. The molecule has 0 radical (unpaired) electrons. The number of fused-ring (bicyclic) bond motifs is 1. The summed E-state index contributed by atoms with van der Waals surface area (Å²) in [6, 6.07) is 0. The molecule has 0 unspecified atom stereocenters. The second-order valence-corrected chi connectivity index (χ2v) is 10.7. The topological polar surface area (TPSA) is 66.9 Å². The Morgan fingerprint density at radius 3 is 2.50 bits per heavy atom. The first-order valence-electron chi connectivity index (χ1n) is 9.30. The largest absolute Gasteiger partial charge is 0.465 e. The molecule has 3 heterocycles. The van der Waals surface area contributed by atoms with Crippen molar-refractivity contribution in [2.45, 2.75) is 50.3 Å². The Hall–Kier alpha value is -0.960. The second kappa shape index (κ2) is 7.96. The number of hydrogen-bond donors (Lipinski definition) is 0. The van der Waals surface area contributed by atoms with Crippen molar-refractivity contribution in [2.24, 2.45) is 5.92 Å². The van der Waals surface area contributed by atoms with Crippen LogP contribution in [0.2, 0.25) is 0 Å². The molecule has 3 rings (SSSR count). The molecule has 2 aliphatic heterocycles. The molecule has 8 heteroatoms. The molecule has 0 atom stereocenters. The third kappa shape index (κ3) is 3.83. The molecule has 26 heavy (non-hydrogen) atoms. The molecule has 1 aromatic rings. The van der Waals surface area contributed by atoms with Crippen LogP contribution < -0.4 is 0 Å². The third-order valence-electron chi connectivity index (χ3n) is 5.01. The lowest BCUT2D eigenvalue weighted by atomic mass is 10.0. The molecular weight excluding hydrogens is 372 g/mol. The van der Waals surface area contributed by atoms with Crippen LogP contribution in [0.5, 0.6) is 0 Å². The van der Waals surface area contributed by atoms with Gasteiger partial charge in [0.2, 0.25) is 0 Å². The molecule has 0 bridgehead atoms. The fraction of sp³-hybridized carbons (Fsp3) is 0.722. The number of nitrogens with zero attached hydrogens (tertiary/aromatic N) is 2. The summed E-state index contributed by atoms with van der Waals surface area (Å²) in [7, 11) is -2.33. The lowest BCUT2D eigenvalue weighted by Crippen LogP contribution is -2.36. The van der Waals surface area contributed by atoms with E-state index in [1.807, 2.05) is 0 Å². The molecule has 1 fully saturated rings. The predicted octanol–water partition coefficient (Wildman–Crippen LogP) is 2.72. The summed E-state index contributed by atoms with van der Waals surface area (Å²) in [4.78, 5) is 15.8. The molecule has 0 saturated carbocycles. The standard InChI is InChI=1S/C18H28N2O4S2/c1-13(2)11-19-10-7-14-15(12-19)25-18(16(14)17(21)24-3)26(22,23)20-8-5-4-6-9-20/h13H,4-12H2,1-3H3. The quantitative estimate of drug-likeness (QED) is 0.711. The van der Waals surface area contributed by atoms with Gasteiger partial charge in [-0.05, 0) is 30.7 Å².